The second kappa shape index (κ2) is 8.22. The second-order valence-corrected chi connectivity index (χ2v) is 7.20. The number of ether oxygens (including phenoxy) is 3. The topological polar surface area (TPSA) is 27.7 Å². The van der Waals surface area contributed by atoms with Gasteiger partial charge >= 0.3 is 0 Å². The van der Waals surface area contributed by atoms with Crippen LogP contribution in [0.1, 0.15) is 36.2 Å². The molecule has 4 rings (SSSR count). The molecule has 3 atom stereocenters. The van der Waals surface area contributed by atoms with Crippen LogP contribution in [0.5, 0.6) is 0 Å². The molecule has 0 aromatic heterocycles. The fourth-order valence-corrected chi connectivity index (χ4v) is 4.16. The van der Waals surface area contributed by atoms with Crippen LogP contribution in [0.3, 0.4) is 0 Å². The van der Waals surface area contributed by atoms with Crippen molar-refractivity contribution in [2.24, 2.45) is 5.92 Å². The molecule has 3 aromatic carbocycles. The van der Waals surface area contributed by atoms with E-state index in [2.05, 4.69) is 66.7 Å². The zero-order valence-electron chi connectivity index (χ0n) is 15.9. The van der Waals surface area contributed by atoms with Gasteiger partial charge in [-0.15, -0.1) is 0 Å². The first-order valence-electron chi connectivity index (χ1n) is 9.53. The third-order valence-electron chi connectivity index (χ3n) is 5.53. The summed E-state index contributed by atoms with van der Waals surface area (Å²) in [5.74, 6) is 0.274. The van der Waals surface area contributed by atoms with Gasteiger partial charge in [-0.05, 0) is 40.8 Å². The maximum Gasteiger partial charge on any atom is 0.159 e. The fraction of sp³-hybridized carbons (Fsp3) is 0.333. The van der Waals surface area contributed by atoms with E-state index in [0.717, 1.165) is 12.8 Å². The molecule has 3 nitrogen and oxygen atoms in total. The van der Waals surface area contributed by atoms with Crippen LogP contribution < -0.4 is 0 Å². The largest absolute Gasteiger partial charge is 0.366 e. The fourth-order valence-electron chi connectivity index (χ4n) is 4.16. The normalized spacial score (nSPS) is 23.0. The predicted octanol–water partition coefficient (Wildman–Crippen LogP) is 5.67. The van der Waals surface area contributed by atoms with E-state index in [9.17, 15) is 0 Å². The molecule has 1 fully saturated rings. The highest BCUT2D eigenvalue weighted by molar-refractivity contribution is 5.83. The summed E-state index contributed by atoms with van der Waals surface area (Å²) in [5.41, 5.74) is 2.42. The molecule has 3 aromatic rings. The third-order valence-corrected chi connectivity index (χ3v) is 5.53. The summed E-state index contributed by atoms with van der Waals surface area (Å²) in [6, 6.07) is 25.5. The van der Waals surface area contributed by atoms with E-state index in [1.807, 2.05) is 6.07 Å². The van der Waals surface area contributed by atoms with Gasteiger partial charge in [0.15, 0.2) is 6.29 Å². The molecule has 1 aliphatic rings. The van der Waals surface area contributed by atoms with Gasteiger partial charge in [0.1, 0.15) is 0 Å². The summed E-state index contributed by atoms with van der Waals surface area (Å²) in [5, 5.41) is 2.49. The van der Waals surface area contributed by atoms with Gasteiger partial charge in [0, 0.05) is 20.1 Å². The van der Waals surface area contributed by atoms with Crippen molar-refractivity contribution in [3.05, 3.63) is 83.9 Å². The van der Waals surface area contributed by atoms with Crippen LogP contribution in [0.15, 0.2) is 72.8 Å². The SMILES string of the molecule is COC(OC)[C@H]1C[C@@H](c2ccc3ccccc3c2)O[C@@H](c2ccccc2)C1. The van der Waals surface area contributed by atoms with Crippen molar-refractivity contribution in [3.8, 4) is 0 Å². The maximum absolute atomic E-state index is 6.57. The number of hydrogen-bond acceptors (Lipinski definition) is 3. The minimum atomic E-state index is -0.219. The van der Waals surface area contributed by atoms with E-state index in [4.69, 9.17) is 14.2 Å². The lowest BCUT2D eigenvalue weighted by atomic mass is 9.85. The van der Waals surface area contributed by atoms with Crippen molar-refractivity contribution in [2.45, 2.75) is 31.3 Å². The van der Waals surface area contributed by atoms with E-state index in [1.165, 1.54) is 21.9 Å². The Morgan fingerprint density at radius 2 is 1.37 bits per heavy atom. The van der Waals surface area contributed by atoms with Gasteiger partial charge < -0.3 is 14.2 Å². The van der Waals surface area contributed by atoms with Gasteiger partial charge in [-0.2, -0.15) is 0 Å². The molecule has 0 spiro atoms. The third kappa shape index (κ3) is 3.91. The number of rotatable bonds is 5. The smallest absolute Gasteiger partial charge is 0.159 e. The molecule has 3 heteroatoms. The molecule has 0 bridgehead atoms. The second-order valence-electron chi connectivity index (χ2n) is 7.20. The van der Waals surface area contributed by atoms with Crippen LogP contribution in [0.2, 0.25) is 0 Å². The molecule has 1 heterocycles. The number of fused-ring (bicyclic) bond motifs is 1. The summed E-state index contributed by atoms with van der Waals surface area (Å²) >= 11 is 0. The van der Waals surface area contributed by atoms with Crippen molar-refractivity contribution >= 4 is 10.8 Å². The average Bonchev–Trinajstić information content (AvgIpc) is 2.75. The van der Waals surface area contributed by atoms with Crippen molar-refractivity contribution in [1.82, 2.24) is 0 Å². The van der Waals surface area contributed by atoms with Gasteiger partial charge in [-0.25, -0.2) is 0 Å². The van der Waals surface area contributed by atoms with E-state index < -0.39 is 0 Å². The quantitative estimate of drug-likeness (QED) is 0.548. The summed E-state index contributed by atoms with van der Waals surface area (Å²) in [6.45, 7) is 0. The molecule has 0 saturated carbocycles. The predicted molar refractivity (Wildman–Crippen MR) is 107 cm³/mol. The van der Waals surface area contributed by atoms with Crippen molar-refractivity contribution in [3.63, 3.8) is 0 Å². The van der Waals surface area contributed by atoms with Crippen molar-refractivity contribution in [1.29, 1.82) is 0 Å². The summed E-state index contributed by atoms with van der Waals surface area (Å²) < 4.78 is 17.8. The summed E-state index contributed by atoms with van der Waals surface area (Å²) in [6.07, 6.45) is 1.61. The van der Waals surface area contributed by atoms with E-state index in [0.29, 0.717) is 0 Å². The van der Waals surface area contributed by atoms with Gasteiger partial charge in [0.25, 0.3) is 0 Å². The van der Waals surface area contributed by atoms with Crippen molar-refractivity contribution in [2.75, 3.05) is 14.2 Å². The standard InChI is InChI=1S/C24H26O3/c1-25-24(26-2)21-15-22(18-9-4-3-5-10-18)27-23(16-21)20-13-12-17-8-6-7-11-19(17)14-20/h3-14,21-24H,15-16H2,1-2H3/t21-,22-,23+/m1/s1. The molecule has 0 amide bonds. The zero-order chi connectivity index (χ0) is 18.6. The Labute approximate surface area is 160 Å². The van der Waals surface area contributed by atoms with Crippen LogP contribution in [0, 0.1) is 5.92 Å². The van der Waals surface area contributed by atoms with Gasteiger partial charge in [0.05, 0.1) is 12.2 Å². The number of hydrogen-bond donors (Lipinski definition) is 0. The summed E-state index contributed by atoms with van der Waals surface area (Å²) in [4.78, 5) is 0. The Morgan fingerprint density at radius 1 is 0.741 bits per heavy atom. The van der Waals surface area contributed by atoms with Crippen LogP contribution in [-0.2, 0) is 14.2 Å². The molecule has 0 aliphatic carbocycles. The Kier molecular flexibility index (Phi) is 5.53. The van der Waals surface area contributed by atoms with Crippen LogP contribution in [0.4, 0.5) is 0 Å². The molecule has 0 N–H and O–H groups in total. The minimum Gasteiger partial charge on any atom is -0.366 e. The highest BCUT2D eigenvalue weighted by atomic mass is 16.7. The highest BCUT2D eigenvalue weighted by Gasteiger charge is 2.35. The highest BCUT2D eigenvalue weighted by Crippen LogP contribution is 2.43. The monoisotopic (exact) mass is 362 g/mol. The van der Waals surface area contributed by atoms with Gasteiger partial charge in [0.2, 0.25) is 0 Å². The first-order valence-corrected chi connectivity index (χ1v) is 9.53. The van der Waals surface area contributed by atoms with Crippen LogP contribution in [-0.4, -0.2) is 20.5 Å². The Balaban J connectivity index is 1.66. The first-order chi connectivity index (χ1) is 13.3. The lowest BCUT2D eigenvalue weighted by molar-refractivity contribution is -0.181. The van der Waals surface area contributed by atoms with E-state index >= 15 is 0 Å². The molecule has 0 unspecified atom stereocenters. The van der Waals surface area contributed by atoms with Crippen molar-refractivity contribution < 1.29 is 14.2 Å². The molecular weight excluding hydrogens is 336 g/mol. The average molecular weight is 362 g/mol. The van der Waals surface area contributed by atoms with Crippen LogP contribution in [0.25, 0.3) is 10.8 Å². The number of benzene rings is 3. The Bertz CT molecular complexity index is 873. The molecule has 27 heavy (non-hydrogen) atoms. The molecule has 1 saturated heterocycles. The summed E-state index contributed by atoms with van der Waals surface area (Å²) in [7, 11) is 3.43. The molecule has 0 radical (unpaired) electrons. The van der Waals surface area contributed by atoms with E-state index in [1.54, 1.807) is 14.2 Å². The van der Waals surface area contributed by atoms with E-state index in [-0.39, 0.29) is 24.4 Å². The van der Waals surface area contributed by atoms with Gasteiger partial charge in [-0.3, -0.25) is 0 Å². The maximum atomic E-state index is 6.57. The minimum absolute atomic E-state index is 0.0198. The zero-order valence-corrected chi connectivity index (χ0v) is 15.9. The molecule has 1 aliphatic heterocycles. The Hall–Kier alpha value is -2.20. The molecular formula is C24H26O3. The Morgan fingerprint density at radius 3 is 2.07 bits per heavy atom. The van der Waals surface area contributed by atoms with Crippen LogP contribution >= 0.6 is 0 Å². The first kappa shape index (κ1) is 18.2. The molecule has 140 valence electrons. The lowest BCUT2D eigenvalue weighted by Gasteiger charge is -2.38. The van der Waals surface area contributed by atoms with Gasteiger partial charge in [-0.1, -0.05) is 66.7 Å². The lowest BCUT2D eigenvalue weighted by Crippen LogP contribution is -2.33. The number of methoxy groups -OCH3 is 2.